The van der Waals surface area contributed by atoms with Crippen LogP contribution in [0.3, 0.4) is 0 Å². The van der Waals surface area contributed by atoms with Crippen LogP contribution in [-0.4, -0.2) is 5.11 Å². The van der Waals surface area contributed by atoms with Gasteiger partial charge in [0.2, 0.25) is 0 Å². The molecule has 1 aromatic carbocycles. The highest BCUT2D eigenvalue weighted by atomic mass is 16.3. The van der Waals surface area contributed by atoms with Gasteiger partial charge in [-0.05, 0) is 141 Å². The minimum atomic E-state index is 0.254. The van der Waals surface area contributed by atoms with E-state index in [-0.39, 0.29) is 5.75 Å². The van der Waals surface area contributed by atoms with Crippen LogP contribution in [0.25, 0.3) is 0 Å². The van der Waals surface area contributed by atoms with Gasteiger partial charge in [-0.1, -0.05) is 6.07 Å². The van der Waals surface area contributed by atoms with Crippen molar-refractivity contribution in [3.63, 3.8) is 0 Å². The first-order valence-corrected chi connectivity index (χ1v) is 12.1. The van der Waals surface area contributed by atoms with Crippen molar-refractivity contribution in [2.24, 2.45) is 40.4 Å². The predicted octanol–water partition coefficient (Wildman–Crippen LogP) is 6.03. The number of hydrogen-bond donors (Lipinski definition) is 2. The molecule has 2 nitrogen and oxygen atoms in total. The largest absolute Gasteiger partial charge is 0.506 e. The maximum atomic E-state index is 10.0. The number of anilines is 1. The average Bonchev–Trinajstić information content (AvgIpc) is 2.62. The summed E-state index contributed by atoms with van der Waals surface area (Å²) in [4.78, 5) is 0. The zero-order chi connectivity index (χ0) is 18.7. The number of phenols is 1. The molecule has 0 saturated heterocycles. The highest BCUT2D eigenvalue weighted by Crippen LogP contribution is 2.77. The van der Waals surface area contributed by atoms with Crippen molar-refractivity contribution >= 4 is 5.69 Å². The number of phenolic OH excluding ortho intramolecular Hbond substituents is 1. The zero-order valence-corrected chi connectivity index (χ0v) is 17.1. The van der Waals surface area contributed by atoms with Gasteiger partial charge >= 0.3 is 0 Å². The van der Waals surface area contributed by atoms with E-state index >= 15 is 0 Å². The zero-order valence-electron chi connectivity index (χ0n) is 17.1. The first-order chi connectivity index (χ1) is 13.5. The van der Waals surface area contributed by atoms with Gasteiger partial charge in [0.15, 0.2) is 0 Å². The third kappa shape index (κ3) is 2.00. The summed E-state index contributed by atoms with van der Waals surface area (Å²) in [6.07, 6.45) is 18.1. The van der Waals surface area contributed by atoms with Gasteiger partial charge < -0.3 is 10.8 Å². The van der Waals surface area contributed by atoms with Crippen molar-refractivity contribution < 1.29 is 5.11 Å². The van der Waals surface area contributed by atoms with Crippen LogP contribution in [0.2, 0.25) is 0 Å². The Morgan fingerprint density at radius 1 is 0.714 bits per heavy atom. The van der Waals surface area contributed by atoms with Crippen LogP contribution in [0.1, 0.15) is 82.6 Å². The fraction of sp³-hybridized carbons (Fsp3) is 0.769. The summed E-state index contributed by atoms with van der Waals surface area (Å²) in [5.41, 5.74) is 9.83. The Labute approximate surface area is 169 Å². The summed E-state index contributed by atoms with van der Waals surface area (Å²) in [5, 5.41) is 10.0. The van der Waals surface area contributed by atoms with E-state index in [2.05, 4.69) is 12.1 Å². The molecule has 2 heteroatoms. The maximum absolute atomic E-state index is 10.0. The molecule has 8 fully saturated rings. The summed E-state index contributed by atoms with van der Waals surface area (Å²) >= 11 is 0. The maximum Gasteiger partial charge on any atom is 0.138 e. The molecule has 9 rings (SSSR count). The van der Waals surface area contributed by atoms with Crippen LogP contribution >= 0.6 is 0 Å². The van der Waals surface area contributed by atoms with E-state index in [1.807, 2.05) is 6.07 Å². The SMILES string of the molecule is Nc1cc(C23CC4CC(C2)CC(C25CC6CC(CC(C6)C2)C5)(C4)C3)ccc1O. The van der Waals surface area contributed by atoms with Crippen LogP contribution < -0.4 is 5.73 Å². The van der Waals surface area contributed by atoms with E-state index in [0.29, 0.717) is 21.9 Å². The number of rotatable bonds is 2. The minimum Gasteiger partial charge on any atom is -0.506 e. The molecule has 2 unspecified atom stereocenters. The van der Waals surface area contributed by atoms with E-state index in [1.165, 1.54) is 44.1 Å². The number of nitrogens with two attached hydrogens (primary N) is 1. The summed E-state index contributed by atoms with van der Waals surface area (Å²) in [6.45, 7) is 0. The molecule has 0 radical (unpaired) electrons. The molecule has 0 amide bonds. The molecule has 3 N–H and O–H groups in total. The molecule has 2 atom stereocenters. The highest BCUT2D eigenvalue weighted by Gasteiger charge is 2.67. The van der Waals surface area contributed by atoms with Crippen molar-refractivity contribution in [1.82, 2.24) is 0 Å². The molecule has 8 bridgehead atoms. The lowest BCUT2D eigenvalue weighted by molar-refractivity contribution is -0.205. The second kappa shape index (κ2) is 5.10. The van der Waals surface area contributed by atoms with Crippen LogP contribution in [-0.2, 0) is 5.41 Å². The van der Waals surface area contributed by atoms with Crippen molar-refractivity contribution in [3.8, 4) is 5.75 Å². The minimum absolute atomic E-state index is 0.254. The van der Waals surface area contributed by atoms with Crippen LogP contribution in [0.15, 0.2) is 18.2 Å². The molecule has 1 aromatic rings. The standard InChI is InChI=1S/C26H35NO/c27-22-7-21(1-2-23(22)28)24-8-19-6-20(9-24)14-26(13-19,15-24)25-10-16-3-17(11-25)5-18(4-16)12-25/h1-2,7,16-20,28H,3-6,8-15,27H2. The van der Waals surface area contributed by atoms with Gasteiger partial charge in [-0.25, -0.2) is 0 Å². The number of benzene rings is 1. The monoisotopic (exact) mass is 377 g/mol. The van der Waals surface area contributed by atoms with Gasteiger partial charge in [-0.3, -0.25) is 0 Å². The van der Waals surface area contributed by atoms with Gasteiger partial charge in [0.1, 0.15) is 5.75 Å². The lowest BCUT2D eigenvalue weighted by Crippen LogP contribution is -2.63. The number of nitrogen functional groups attached to an aromatic ring is 1. The molecule has 8 aliphatic carbocycles. The molecule has 0 spiro atoms. The van der Waals surface area contributed by atoms with E-state index in [4.69, 9.17) is 5.73 Å². The number of hydrogen-bond acceptors (Lipinski definition) is 2. The fourth-order valence-electron chi connectivity index (χ4n) is 10.9. The van der Waals surface area contributed by atoms with E-state index in [0.717, 1.165) is 29.6 Å². The predicted molar refractivity (Wildman–Crippen MR) is 112 cm³/mol. The second-order valence-corrected chi connectivity index (χ2v) is 12.5. The summed E-state index contributed by atoms with van der Waals surface area (Å²) in [5.74, 6) is 5.29. The van der Waals surface area contributed by atoms with Crippen molar-refractivity contribution in [2.45, 2.75) is 82.5 Å². The van der Waals surface area contributed by atoms with Gasteiger partial charge in [0, 0.05) is 0 Å². The second-order valence-electron chi connectivity index (χ2n) is 12.5. The van der Waals surface area contributed by atoms with Crippen molar-refractivity contribution in [2.75, 3.05) is 5.73 Å². The molecule has 8 saturated carbocycles. The summed E-state index contributed by atoms with van der Waals surface area (Å²) in [6, 6.07) is 6.21. The lowest BCUT2D eigenvalue weighted by Gasteiger charge is -2.72. The lowest BCUT2D eigenvalue weighted by atomic mass is 9.32. The Kier molecular flexibility index (Phi) is 3.03. The molecule has 150 valence electrons. The summed E-state index contributed by atoms with van der Waals surface area (Å²) < 4.78 is 0. The quantitative estimate of drug-likeness (QED) is 0.488. The normalized spacial score (nSPS) is 53.1. The Bertz CT molecular complexity index is 792. The third-order valence-electron chi connectivity index (χ3n) is 10.9. The van der Waals surface area contributed by atoms with E-state index in [9.17, 15) is 5.11 Å². The van der Waals surface area contributed by atoms with E-state index in [1.54, 1.807) is 38.5 Å². The molecule has 0 heterocycles. The average molecular weight is 378 g/mol. The Balaban J connectivity index is 1.33. The Morgan fingerprint density at radius 2 is 1.25 bits per heavy atom. The molecule has 8 aliphatic rings. The van der Waals surface area contributed by atoms with Crippen molar-refractivity contribution in [3.05, 3.63) is 23.8 Å². The van der Waals surface area contributed by atoms with Gasteiger partial charge in [0.05, 0.1) is 5.69 Å². The van der Waals surface area contributed by atoms with Crippen LogP contribution in [0, 0.1) is 40.4 Å². The highest BCUT2D eigenvalue weighted by molar-refractivity contribution is 5.55. The van der Waals surface area contributed by atoms with Gasteiger partial charge in [-0.15, -0.1) is 0 Å². The van der Waals surface area contributed by atoms with Gasteiger partial charge in [0.25, 0.3) is 0 Å². The van der Waals surface area contributed by atoms with Gasteiger partial charge in [-0.2, -0.15) is 0 Å². The van der Waals surface area contributed by atoms with Crippen LogP contribution in [0.5, 0.6) is 5.75 Å². The molecule has 28 heavy (non-hydrogen) atoms. The topological polar surface area (TPSA) is 46.2 Å². The third-order valence-corrected chi connectivity index (χ3v) is 10.9. The first kappa shape index (κ1) is 16.6. The van der Waals surface area contributed by atoms with E-state index < -0.39 is 0 Å². The first-order valence-electron chi connectivity index (χ1n) is 12.1. The molecular formula is C26H35NO. The smallest absolute Gasteiger partial charge is 0.138 e. The Morgan fingerprint density at radius 3 is 1.82 bits per heavy atom. The molecular weight excluding hydrogens is 342 g/mol. The van der Waals surface area contributed by atoms with Crippen LogP contribution in [0.4, 0.5) is 5.69 Å². The van der Waals surface area contributed by atoms with Crippen molar-refractivity contribution in [1.29, 1.82) is 0 Å². The molecule has 0 aromatic heterocycles. The fourth-order valence-corrected chi connectivity index (χ4v) is 10.9. The molecule has 0 aliphatic heterocycles. The number of aromatic hydroxyl groups is 1. The Hall–Kier alpha value is -1.18. The summed E-state index contributed by atoms with van der Waals surface area (Å²) in [7, 11) is 0.